The van der Waals surface area contributed by atoms with Crippen LogP contribution in [0.4, 0.5) is 16.2 Å². The van der Waals surface area contributed by atoms with Crippen molar-refractivity contribution in [2.45, 2.75) is 32.3 Å². The number of primary amides is 1. The summed E-state index contributed by atoms with van der Waals surface area (Å²) in [5, 5.41) is 13.8. The van der Waals surface area contributed by atoms with Gasteiger partial charge in [0.15, 0.2) is 0 Å². The number of nitrogens with one attached hydrogen (secondary N) is 1. The fraction of sp³-hybridized carbons (Fsp3) is 0.500. The number of pyridine rings is 1. The molecule has 0 atom stereocenters. The zero-order valence-electron chi connectivity index (χ0n) is 11.5. The number of ether oxygens (including phenoxy) is 1. The molecule has 0 aromatic carbocycles. The maximum atomic E-state index is 10.8. The quantitative estimate of drug-likeness (QED) is 0.448. The largest absolute Gasteiger partial charge is 0.444 e. The summed E-state index contributed by atoms with van der Waals surface area (Å²) >= 11 is 0. The highest BCUT2D eigenvalue weighted by molar-refractivity contribution is 5.65. The van der Waals surface area contributed by atoms with E-state index in [4.69, 9.17) is 10.5 Å². The maximum Gasteiger partial charge on any atom is 0.405 e. The van der Waals surface area contributed by atoms with Gasteiger partial charge in [0.05, 0.1) is 4.92 Å². The number of carbonyl (C=O) groups is 1. The first-order valence-electron chi connectivity index (χ1n) is 6.12. The van der Waals surface area contributed by atoms with Crippen LogP contribution in [0, 0.1) is 10.1 Å². The SMILES string of the molecule is CC(C)(CCCNc1ccncc1[N+](=O)[O-])OC(N)=O. The first-order chi connectivity index (χ1) is 9.32. The molecule has 1 aromatic heterocycles. The van der Waals surface area contributed by atoms with Crippen LogP contribution in [0.15, 0.2) is 18.5 Å². The van der Waals surface area contributed by atoms with E-state index in [0.29, 0.717) is 25.1 Å². The Morgan fingerprint density at radius 1 is 1.60 bits per heavy atom. The average molecular weight is 282 g/mol. The summed E-state index contributed by atoms with van der Waals surface area (Å²) in [7, 11) is 0. The first-order valence-corrected chi connectivity index (χ1v) is 6.12. The molecule has 20 heavy (non-hydrogen) atoms. The third-order valence-electron chi connectivity index (χ3n) is 2.64. The molecule has 0 spiro atoms. The summed E-state index contributed by atoms with van der Waals surface area (Å²) in [5.74, 6) is 0. The summed E-state index contributed by atoms with van der Waals surface area (Å²) in [6.07, 6.45) is 3.12. The minimum absolute atomic E-state index is 0.0693. The van der Waals surface area contributed by atoms with Crippen molar-refractivity contribution in [3.05, 3.63) is 28.6 Å². The second-order valence-electron chi connectivity index (χ2n) is 4.86. The van der Waals surface area contributed by atoms with Gasteiger partial charge in [-0.25, -0.2) is 4.79 Å². The minimum Gasteiger partial charge on any atom is -0.444 e. The standard InChI is InChI=1S/C12H18N4O4/c1-12(2,20-11(13)17)5-3-6-15-9-4-7-14-8-10(9)16(18)19/h4,7-8H,3,5-6H2,1-2H3,(H2,13,17)(H,14,15). The molecule has 0 radical (unpaired) electrons. The molecule has 8 heteroatoms. The van der Waals surface area contributed by atoms with E-state index in [0.717, 1.165) is 0 Å². The van der Waals surface area contributed by atoms with E-state index in [2.05, 4.69) is 10.3 Å². The highest BCUT2D eigenvalue weighted by Gasteiger charge is 2.21. The number of hydrogen-bond donors (Lipinski definition) is 2. The highest BCUT2D eigenvalue weighted by Crippen LogP contribution is 2.22. The van der Waals surface area contributed by atoms with E-state index in [1.807, 2.05) is 0 Å². The van der Waals surface area contributed by atoms with Gasteiger partial charge in [-0.3, -0.25) is 15.1 Å². The van der Waals surface area contributed by atoms with Gasteiger partial charge in [0.25, 0.3) is 0 Å². The normalized spacial score (nSPS) is 10.9. The predicted octanol–water partition coefficient (Wildman–Crippen LogP) is 2.06. The fourth-order valence-electron chi connectivity index (χ4n) is 1.74. The van der Waals surface area contributed by atoms with E-state index in [-0.39, 0.29) is 5.69 Å². The Hall–Kier alpha value is -2.38. The Labute approximate surface area is 116 Å². The smallest absolute Gasteiger partial charge is 0.405 e. The Bertz CT molecular complexity index is 490. The Morgan fingerprint density at radius 2 is 2.30 bits per heavy atom. The maximum absolute atomic E-state index is 10.8. The van der Waals surface area contributed by atoms with Crippen LogP contribution in [-0.2, 0) is 4.74 Å². The minimum atomic E-state index is -0.812. The number of aromatic nitrogens is 1. The molecule has 8 nitrogen and oxygen atoms in total. The number of anilines is 1. The van der Waals surface area contributed by atoms with Gasteiger partial charge in [-0.1, -0.05) is 0 Å². The molecule has 0 bridgehead atoms. The second kappa shape index (κ2) is 6.69. The van der Waals surface area contributed by atoms with Gasteiger partial charge in [-0.05, 0) is 32.8 Å². The summed E-state index contributed by atoms with van der Waals surface area (Å²) < 4.78 is 4.94. The van der Waals surface area contributed by atoms with Gasteiger partial charge in [0.1, 0.15) is 17.5 Å². The number of rotatable bonds is 7. The Morgan fingerprint density at radius 3 is 2.90 bits per heavy atom. The molecule has 0 fully saturated rings. The van der Waals surface area contributed by atoms with Crippen molar-refractivity contribution < 1.29 is 14.5 Å². The molecule has 0 aliphatic carbocycles. The third-order valence-corrected chi connectivity index (χ3v) is 2.64. The Kier molecular flexibility index (Phi) is 5.24. The fourth-order valence-corrected chi connectivity index (χ4v) is 1.74. The summed E-state index contributed by atoms with van der Waals surface area (Å²) in [5.41, 5.74) is 4.66. The molecule has 3 N–H and O–H groups in total. The molecule has 0 saturated heterocycles. The predicted molar refractivity (Wildman–Crippen MR) is 73.4 cm³/mol. The summed E-state index contributed by atoms with van der Waals surface area (Å²) in [6, 6.07) is 1.54. The molecule has 0 aliphatic heterocycles. The van der Waals surface area contributed by atoms with Gasteiger partial charge in [0.2, 0.25) is 0 Å². The van der Waals surface area contributed by atoms with Crippen molar-refractivity contribution in [3.63, 3.8) is 0 Å². The van der Waals surface area contributed by atoms with Crippen LogP contribution in [0.1, 0.15) is 26.7 Å². The monoisotopic (exact) mass is 282 g/mol. The lowest BCUT2D eigenvalue weighted by molar-refractivity contribution is -0.384. The first kappa shape index (κ1) is 15.7. The van der Waals surface area contributed by atoms with Crippen LogP contribution in [0.2, 0.25) is 0 Å². The van der Waals surface area contributed by atoms with E-state index >= 15 is 0 Å². The van der Waals surface area contributed by atoms with Crippen LogP contribution >= 0.6 is 0 Å². The second-order valence-corrected chi connectivity index (χ2v) is 4.86. The summed E-state index contributed by atoms with van der Waals surface area (Å²) in [4.78, 5) is 24.7. The zero-order chi connectivity index (χ0) is 15.2. The van der Waals surface area contributed by atoms with Crippen LogP contribution < -0.4 is 11.1 Å². The van der Waals surface area contributed by atoms with Crippen molar-refractivity contribution in [3.8, 4) is 0 Å². The van der Waals surface area contributed by atoms with Crippen LogP contribution in [-0.4, -0.2) is 28.1 Å². The highest BCUT2D eigenvalue weighted by atomic mass is 16.6. The number of hydrogen-bond acceptors (Lipinski definition) is 6. The number of carbonyl (C=O) groups excluding carboxylic acids is 1. The summed E-state index contributed by atoms with van der Waals surface area (Å²) in [6.45, 7) is 4.02. The average Bonchev–Trinajstić information content (AvgIpc) is 2.33. The lowest BCUT2D eigenvalue weighted by Gasteiger charge is -2.23. The molecule has 0 aliphatic rings. The zero-order valence-corrected chi connectivity index (χ0v) is 11.5. The van der Waals surface area contributed by atoms with E-state index in [1.54, 1.807) is 19.9 Å². The van der Waals surface area contributed by atoms with Crippen LogP contribution in [0.3, 0.4) is 0 Å². The van der Waals surface area contributed by atoms with Crippen LogP contribution in [0.25, 0.3) is 0 Å². The number of nitro groups is 1. The van der Waals surface area contributed by atoms with Gasteiger partial charge >= 0.3 is 11.8 Å². The number of amides is 1. The van der Waals surface area contributed by atoms with Gasteiger partial charge in [-0.15, -0.1) is 0 Å². The van der Waals surface area contributed by atoms with Crippen LogP contribution in [0.5, 0.6) is 0 Å². The number of nitrogens with zero attached hydrogens (tertiary/aromatic N) is 2. The van der Waals surface area contributed by atoms with Crippen molar-refractivity contribution >= 4 is 17.5 Å². The molecular weight excluding hydrogens is 264 g/mol. The number of nitrogens with two attached hydrogens (primary N) is 1. The lowest BCUT2D eigenvalue weighted by atomic mass is 10.0. The third kappa shape index (κ3) is 5.09. The van der Waals surface area contributed by atoms with E-state index in [9.17, 15) is 14.9 Å². The molecule has 1 rings (SSSR count). The Balaban J connectivity index is 2.46. The molecule has 0 unspecified atom stereocenters. The molecule has 0 saturated carbocycles. The van der Waals surface area contributed by atoms with Gasteiger partial charge in [-0.2, -0.15) is 0 Å². The van der Waals surface area contributed by atoms with Gasteiger partial charge in [0, 0.05) is 12.7 Å². The van der Waals surface area contributed by atoms with Gasteiger partial charge < -0.3 is 15.8 Å². The molecular formula is C12H18N4O4. The van der Waals surface area contributed by atoms with E-state index in [1.165, 1.54) is 12.4 Å². The van der Waals surface area contributed by atoms with Crippen molar-refractivity contribution in [1.82, 2.24) is 4.98 Å². The van der Waals surface area contributed by atoms with Crippen molar-refractivity contribution in [2.24, 2.45) is 5.73 Å². The lowest BCUT2D eigenvalue weighted by Crippen LogP contribution is -2.31. The van der Waals surface area contributed by atoms with Crippen molar-refractivity contribution in [2.75, 3.05) is 11.9 Å². The van der Waals surface area contributed by atoms with E-state index < -0.39 is 16.6 Å². The molecule has 1 heterocycles. The van der Waals surface area contributed by atoms with Crippen molar-refractivity contribution in [1.29, 1.82) is 0 Å². The molecule has 1 amide bonds. The molecule has 110 valence electrons. The molecule has 1 aromatic rings. The topological polar surface area (TPSA) is 120 Å².